The summed E-state index contributed by atoms with van der Waals surface area (Å²) < 4.78 is 0. The van der Waals surface area contributed by atoms with Crippen molar-refractivity contribution in [1.29, 1.82) is 0 Å². The molecule has 2 heterocycles. The van der Waals surface area contributed by atoms with E-state index in [9.17, 15) is 9.59 Å². The van der Waals surface area contributed by atoms with E-state index in [1.165, 1.54) is 0 Å². The molecular formula is C12H21N3O2. The lowest BCUT2D eigenvalue weighted by molar-refractivity contribution is -0.138. The van der Waals surface area contributed by atoms with Crippen LogP contribution >= 0.6 is 0 Å². The predicted octanol–water partition coefficient (Wildman–Crippen LogP) is -0.149. The normalized spacial score (nSPS) is 33.6. The maximum atomic E-state index is 12.3. The first-order valence-electron chi connectivity index (χ1n) is 6.41. The minimum Gasteiger partial charge on any atom is -0.344 e. The van der Waals surface area contributed by atoms with Crippen molar-refractivity contribution in [2.24, 2.45) is 11.7 Å². The summed E-state index contributed by atoms with van der Waals surface area (Å²) in [4.78, 5) is 25.3. The number of nitrogens with two attached hydrogens (primary N) is 1. The number of likely N-dealkylation sites (tertiary alicyclic amines) is 1. The average Bonchev–Trinajstić information content (AvgIpc) is 2.76. The van der Waals surface area contributed by atoms with E-state index in [1.54, 1.807) is 0 Å². The number of rotatable bonds is 2. The van der Waals surface area contributed by atoms with Crippen LogP contribution in [-0.2, 0) is 9.59 Å². The lowest BCUT2D eigenvalue weighted by atomic mass is 9.93. The Hall–Kier alpha value is -1.10. The maximum Gasteiger partial charge on any atom is 0.245 e. The summed E-state index contributed by atoms with van der Waals surface area (Å²) in [6.45, 7) is 3.44. The van der Waals surface area contributed by atoms with Crippen LogP contribution in [0.4, 0.5) is 0 Å². The van der Waals surface area contributed by atoms with Gasteiger partial charge in [0.2, 0.25) is 11.8 Å². The van der Waals surface area contributed by atoms with Crippen LogP contribution in [0.15, 0.2) is 0 Å². The molecule has 2 saturated heterocycles. The van der Waals surface area contributed by atoms with E-state index in [2.05, 4.69) is 12.2 Å². The summed E-state index contributed by atoms with van der Waals surface area (Å²) in [7, 11) is 0. The Morgan fingerprint density at radius 3 is 2.82 bits per heavy atom. The van der Waals surface area contributed by atoms with Crippen LogP contribution in [0.5, 0.6) is 0 Å². The zero-order chi connectivity index (χ0) is 12.4. The van der Waals surface area contributed by atoms with Crippen LogP contribution in [0.1, 0.15) is 32.6 Å². The molecule has 5 nitrogen and oxygen atoms in total. The third-order valence-corrected chi connectivity index (χ3v) is 3.89. The van der Waals surface area contributed by atoms with Gasteiger partial charge in [-0.1, -0.05) is 0 Å². The van der Waals surface area contributed by atoms with Crippen molar-refractivity contribution >= 4 is 11.8 Å². The second kappa shape index (κ2) is 5.04. The Morgan fingerprint density at radius 2 is 2.24 bits per heavy atom. The summed E-state index contributed by atoms with van der Waals surface area (Å²) in [6.07, 6.45) is 3.21. The highest BCUT2D eigenvalue weighted by Crippen LogP contribution is 2.23. The van der Waals surface area contributed by atoms with E-state index < -0.39 is 0 Å². The van der Waals surface area contributed by atoms with E-state index in [-0.39, 0.29) is 23.9 Å². The standard InChI is InChI=1S/C12H21N3O2/c1-8-2-3-9(6-13)7-15(8)12(17)10-4-5-11(16)14-10/h8-10H,2-7,13H2,1H3,(H,14,16). The molecule has 0 aromatic carbocycles. The predicted molar refractivity (Wildman–Crippen MR) is 64.1 cm³/mol. The van der Waals surface area contributed by atoms with Gasteiger partial charge in [0, 0.05) is 19.0 Å². The van der Waals surface area contributed by atoms with Crippen LogP contribution in [-0.4, -0.2) is 41.9 Å². The molecule has 0 aromatic rings. The fraction of sp³-hybridized carbons (Fsp3) is 0.833. The number of hydrogen-bond acceptors (Lipinski definition) is 3. The van der Waals surface area contributed by atoms with Crippen LogP contribution in [0.2, 0.25) is 0 Å². The van der Waals surface area contributed by atoms with E-state index >= 15 is 0 Å². The topological polar surface area (TPSA) is 75.4 Å². The van der Waals surface area contributed by atoms with Gasteiger partial charge in [0.05, 0.1) is 0 Å². The molecule has 96 valence electrons. The molecule has 0 saturated carbocycles. The lowest BCUT2D eigenvalue weighted by Crippen LogP contribution is -2.52. The number of piperidine rings is 1. The molecule has 3 N–H and O–H groups in total. The SMILES string of the molecule is CC1CCC(CN)CN1C(=O)C1CCC(=O)N1. The molecule has 0 aromatic heterocycles. The van der Waals surface area contributed by atoms with Crippen molar-refractivity contribution in [2.75, 3.05) is 13.1 Å². The Morgan fingerprint density at radius 1 is 1.47 bits per heavy atom. The molecule has 2 rings (SSSR count). The quantitative estimate of drug-likeness (QED) is 0.703. The van der Waals surface area contributed by atoms with Gasteiger partial charge >= 0.3 is 0 Å². The van der Waals surface area contributed by atoms with Gasteiger partial charge in [-0.2, -0.15) is 0 Å². The zero-order valence-corrected chi connectivity index (χ0v) is 10.3. The van der Waals surface area contributed by atoms with Crippen molar-refractivity contribution in [3.63, 3.8) is 0 Å². The van der Waals surface area contributed by atoms with E-state index in [4.69, 9.17) is 5.73 Å². The summed E-state index contributed by atoms with van der Waals surface area (Å²) in [5, 5.41) is 2.74. The number of nitrogens with one attached hydrogen (secondary N) is 1. The van der Waals surface area contributed by atoms with Gasteiger partial charge in [-0.05, 0) is 38.6 Å². The Bertz CT molecular complexity index is 319. The van der Waals surface area contributed by atoms with Gasteiger partial charge in [0.15, 0.2) is 0 Å². The molecule has 3 atom stereocenters. The lowest BCUT2D eigenvalue weighted by Gasteiger charge is -2.38. The van der Waals surface area contributed by atoms with Gasteiger partial charge in [0.25, 0.3) is 0 Å². The van der Waals surface area contributed by atoms with Gasteiger partial charge in [0.1, 0.15) is 6.04 Å². The number of nitrogens with zero attached hydrogens (tertiary/aromatic N) is 1. The Balaban J connectivity index is 1.99. The number of hydrogen-bond donors (Lipinski definition) is 2. The molecule has 2 amide bonds. The van der Waals surface area contributed by atoms with Crippen LogP contribution in [0.25, 0.3) is 0 Å². The van der Waals surface area contributed by atoms with Gasteiger partial charge in [-0.25, -0.2) is 0 Å². The fourth-order valence-corrected chi connectivity index (χ4v) is 2.68. The fourth-order valence-electron chi connectivity index (χ4n) is 2.68. The Labute approximate surface area is 102 Å². The third kappa shape index (κ3) is 2.60. The van der Waals surface area contributed by atoms with Crippen molar-refractivity contribution in [2.45, 2.75) is 44.7 Å². The molecule has 5 heteroatoms. The molecule has 2 fully saturated rings. The van der Waals surface area contributed by atoms with Crippen molar-refractivity contribution in [3.05, 3.63) is 0 Å². The molecule has 2 aliphatic rings. The number of carbonyl (C=O) groups is 2. The Kier molecular flexibility index (Phi) is 3.66. The first-order chi connectivity index (χ1) is 8.11. The highest BCUT2D eigenvalue weighted by Gasteiger charge is 2.35. The molecule has 0 spiro atoms. The second-order valence-electron chi connectivity index (χ2n) is 5.18. The van der Waals surface area contributed by atoms with Gasteiger partial charge < -0.3 is 16.0 Å². The molecule has 0 radical (unpaired) electrons. The zero-order valence-electron chi connectivity index (χ0n) is 10.3. The minimum atomic E-state index is -0.304. The van der Waals surface area contributed by atoms with Crippen LogP contribution in [0.3, 0.4) is 0 Å². The second-order valence-corrected chi connectivity index (χ2v) is 5.18. The van der Waals surface area contributed by atoms with Crippen molar-refractivity contribution in [3.8, 4) is 0 Å². The van der Waals surface area contributed by atoms with Gasteiger partial charge in [-0.3, -0.25) is 9.59 Å². The van der Waals surface area contributed by atoms with Crippen LogP contribution in [0, 0.1) is 5.92 Å². The van der Waals surface area contributed by atoms with E-state index in [0.29, 0.717) is 25.3 Å². The van der Waals surface area contributed by atoms with E-state index in [1.807, 2.05) is 4.90 Å². The summed E-state index contributed by atoms with van der Waals surface area (Å²) in [5.41, 5.74) is 5.68. The highest BCUT2D eigenvalue weighted by atomic mass is 16.2. The molecule has 17 heavy (non-hydrogen) atoms. The van der Waals surface area contributed by atoms with Crippen molar-refractivity contribution < 1.29 is 9.59 Å². The summed E-state index contributed by atoms with van der Waals surface area (Å²) in [6, 6.07) is -0.0377. The summed E-state index contributed by atoms with van der Waals surface area (Å²) in [5.74, 6) is 0.470. The molecule has 2 aliphatic heterocycles. The molecule has 3 unspecified atom stereocenters. The smallest absolute Gasteiger partial charge is 0.245 e. The maximum absolute atomic E-state index is 12.3. The first-order valence-corrected chi connectivity index (χ1v) is 6.41. The average molecular weight is 239 g/mol. The largest absolute Gasteiger partial charge is 0.344 e. The number of carbonyl (C=O) groups excluding carboxylic acids is 2. The minimum absolute atomic E-state index is 0.0108. The molecular weight excluding hydrogens is 218 g/mol. The van der Waals surface area contributed by atoms with E-state index in [0.717, 1.165) is 19.4 Å². The summed E-state index contributed by atoms with van der Waals surface area (Å²) >= 11 is 0. The molecule has 0 aliphatic carbocycles. The first kappa shape index (κ1) is 12.4. The molecule has 0 bridgehead atoms. The van der Waals surface area contributed by atoms with Gasteiger partial charge in [-0.15, -0.1) is 0 Å². The monoisotopic (exact) mass is 239 g/mol. The van der Waals surface area contributed by atoms with Crippen LogP contribution < -0.4 is 11.1 Å². The van der Waals surface area contributed by atoms with Crippen molar-refractivity contribution in [1.82, 2.24) is 10.2 Å². The number of amides is 2. The highest BCUT2D eigenvalue weighted by molar-refractivity contribution is 5.91. The third-order valence-electron chi connectivity index (χ3n) is 3.89.